The fourth-order valence-corrected chi connectivity index (χ4v) is 2.61. The minimum atomic E-state index is -5.25. The van der Waals surface area contributed by atoms with Crippen molar-refractivity contribution in [3.05, 3.63) is 23.8 Å². The molecule has 102 valence electrons. The Kier molecular flexibility index (Phi) is 2.77. The largest absolute Gasteiger partial charge is 0.491 e. The molecular weight excluding hydrogens is 291 g/mol. The summed E-state index contributed by atoms with van der Waals surface area (Å²) in [6.45, 7) is 0. The number of alkyl halides is 3. The molecule has 0 bridgehead atoms. The molecule has 10 heteroatoms. The predicted octanol–water partition coefficient (Wildman–Crippen LogP) is 0.586. The van der Waals surface area contributed by atoms with E-state index in [0.717, 1.165) is 18.2 Å². The molecular formula is C9H4F3NO5S. The lowest BCUT2D eigenvalue weighted by Crippen LogP contribution is -2.28. The van der Waals surface area contributed by atoms with Gasteiger partial charge in [0, 0.05) is 0 Å². The van der Waals surface area contributed by atoms with Crippen molar-refractivity contribution < 1.29 is 35.9 Å². The highest BCUT2D eigenvalue weighted by Gasteiger charge is 2.43. The van der Waals surface area contributed by atoms with Crippen LogP contribution in [0.25, 0.3) is 0 Å². The Balaban J connectivity index is 2.49. The van der Waals surface area contributed by atoms with Gasteiger partial charge in [-0.15, -0.1) is 0 Å². The van der Waals surface area contributed by atoms with Gasteiger partial charge in [0.15, 0.2) is 0 Å². The van der Waals surface area contributed by atoms with E-state index >= 15 is 0 Å². The number of hydrogen-bond acceptors (Lipinski definition) is 5. The van der Waals surface area contributed by atoms with Gasteiger partial charge in [0.2, 0.25) is 0 Å². The molecule has 0 saturated heterocycles. The zero-order chi connectivity index (χ0) is 14.4. The average molecular weight is 295 g/mol. The SMILES string of the molecule is O=C1NS(=O)(=O)c2cccc(OC(=O)C(F)(F)F)c21. The van der Waals surface area contributed by atoms with Crippen molar-refractivity contribution in [2.45, 2.75) is 11.1 Å². The van der Waals surface area contributed by atoms with Crippen LogP contribution >= 0.6 is 0 Å². The summed E-state index contributed by atoms with van der Waals surface area (Å²) < 4.78 is 64.5. The first kappa shape index (κ1) is 13.3. The summed E-state index contributed by atoms with van der Waals surface area (Å²) in [5.74, 6) is -4.46. The number of nitrogens with one attached hydrogen (secondary N) is 1. The lowest BCUT2D eigenvalue weighted by atomic mass is 10.2. The molecule has 0 unspecified atom stereocenters. The van der Waals surface area contributed by atoms with Gasteiger partial charge in [0.25, 0.3) is 15.9 Å². The summed E-state index contributed by atoms with van der Waals surface area (Å²) in [5.41, 5.74) is -0.625. The summed E-state index contributed by atoms with van der Waals surface area (Å²) >= 11 is 0. The van der Waals surface area contributed by atoms with Gasteiger partial charge < -0.3 is 4.74 Å². The van der Waals surface area contributed by atoms with E-state index in [-0.39, 0.29) is 0 Å². The first-order valence-electron chi connectivity index (χ1n) is 4.62. The molecule has 1 aromatic rings. The van der Waals surface area contributed by atoms with E-state index in [2.05, 4.69) is 4.74 Å². The van der Waals surface area contributed by atoms with Crippen LogP contribution in [0.4, 0.5) is 13.2 Å². The van der Waals surface area contributed by atoms with Gasteiger partial charge in [-0.05, 0) is 12.1 Å². The second-order valence-electron chi connectivity index (χ2n) is 3.45. The van der Waals surface area contributed by atoms with Crippen LogP contribution in [0, 0.1) is 0 Å². The Morgan fingerprint density at radius 3 is 2.47 bits per heavy atom. The molecule has 6 nitrogen and oxygen atoms in total. The van der Waals surface area contributed by atoms with Crippen molar-refractivity contribution in [3.8, 4) is 5.75 Å². The molecule has 0 atom stereocenters. The first-order chi connectivity index (χ1) is 8.63. The average Bonchev–Trinajstić information content (AvgIpc) is 2.49. The van der Waals surface area contributed by atoms with Gasteiger partial charge in [-0.25, -0.2) is 17.9 Å². The maximum atomic E-state index is 12.0. The van der Waals surface area contributed by atoms with Crippen LogP contribution in [-0.2, 0) is 14.8 Å². The van der Waals surface area contributed by atoms with Gasteiger partial charge in [-0.2, -0.15) is 13.2 Å². The van der Waals surface area contributed by atoms with E-state index in [1.54, 1.807) is 4.72 Å². The van der Waals surface area contributed by atoms with Crippen LogP contribution in [0.15, 0.2) is 23.1 Å². The quantitative estimate of drug-likeness (QED) is 0.605. The monoisotopic (exact) mass is 295 g/mol. The molecule has 1 aromatic carbocycles. The van der Waals surface area contributed by atoms with Gasteiger partial charge in [0.1, 0.15) is 16.2 Å². The van der Waals surface area contributed by atoms with E-state index in [1.807, 2.05) is 0 Å². The second kappa shape index (κ2) is 3.95. The lowest BCUT2D eigenvalue weighted by molar-refractivity contribution is -0.189. The number of benzene rings is 1. The van der Waals surface area contributed by atoms with E-state index < -0.39 is 44.3 Å². The molecule has 1 heterocycles. The first-order valence-corrected chi connectivity index (χ1v) is 6.10. The summed E-state index contributed by atoms with van der Waals surface area (Å²) in [5, 5.41) is 0. The van der Waals surface area contributed by atoms with E-state index in [0.29, 0.717) is 0 Å². The summed E-state index contributed by atoms with van der Waals surface area (Å²) in [6.07, 6.45) is -5.25. The Bertz CT molecular complexity index is 680. The molecule has 0 saturated carbocycles. The topological polar surface area (TPSA) is 89.5 Å². The molecule has 0 radical (unpaired) electrons. The maximum absolute atomic E-state index is 12.0. The van der Waals surface area contributed by atoms with Crippen molar-refractivity contribution in [3.63, 3.8) is 0 Å². The predicted molar refractivity (Wildman–Crippen MR) is 52.8 cm³/mol. The fourth-order valence-electron chi connectivity index (χ4n) is 1.43. The van der Waals surface area contributed by atoms with Crippen LogP contribution in [0.2, 0.25) is 0 Å². The Labute approximate surface area is 104 Å². The Morgan fingerprint density at radius 1 is 1.26 bits per heavy atom. The smallest absolute Gasteiger partial charge is 0.419 e. The number of amides is 1. The Hall–Kier alpha value is -2.10. The van der Waals surface area contributed by atoms with Crippen LogP contribution in [0.5, 0.6) is 5.75 Å². The zero-order valence-electron chi connectivity index (χ0n) is 8.82. The second-order valence-corrected chi connectivity index (χ2v) is 5.10. The number of carbonyl (C=O) groups is 2. The minimum Gasteiger partial charge on any atom is -0.419 e. The number of hydrogen-bond donors (Lipinski definition) is 1. The van der Waals surface area contributed by atoms with Crippen molar-refractivity contribution >= 4 is 21.9 Å². The van der Waals surface area contributed by atoms with Gasteiger partial charge in [-0.1, -0.05) is 6.07 Å². The van der Waals surface area contributed by atoms with Crippen LogP contribution < -0.4 is 9.46 Å². The number of ether oxygens (including phenoxy) is 1. The normalized spacial score (nSPS) is 16.7. The highest BCUT2D eigenvalue weighted by molar-refractivity contribution is 7.90. The van der Waals surface area contributed by atoms with Crippen molar-refractivity contribution in [1.82, 2.24) is 4.72 Å². The zero-order valence-corrected chi connectivity index (χ0v) is 9.63. The third-order valence-electron chi connectivity index (χ3n) is 2.17. The molecule has 0 fully saturated rings. The highest BCUT2D eigenvalue weighted by atomic mass is 32.2. The van der Waals surface area contributed by atoms with Crippen LogP contribution in [0.1, 0.15) is 10.4 Å². The standard InChI is InChI=1S/C9H4F3NO5S/c10-9(11,12)8(15)18-4-2-1-3-5-6(4)7(14)13-19(5,16)17/h1-3H,(H,13,14). The Morgan fingerprint density at radius 2 is 1.89 bits per heavy atom. The van der Waals surface area contributed by atoms with Crippen LogP contribution in [0.3, 0.4) is 0 Å². The number of fused-ring (bicyclic) bond motifs is 1. The van der Waals surface area contributed by atoms with Crippen LogP contribution in [-0.4, -0.2) is 26.5 Å². The van der Waals surface area contributed by atoms with E-state index in [9.17, 15) is 31.2 Å². The molecule has 19 heavy (non-hydrogen) atoms. The number of carbonyl (C=O) groups excluding carboxylic acids is 2. The third-order valence-corrected chi connectivity index (χ3v) is 3.54. The molecule has 0 aromatic heterocycles. The van der Waals surface area contributed by atoms with E-state index in [1.165, 1.54) is 0 Å². The van der Waals surface area contributed by atoms with Gasteiger partial charge in [-0.3, -0.25) is 4.79 Å². The molecule has 1 N–H and O–H groups in total. The van der Waals surface area contributed by atoms with E-state index in [4.69, 9.17) is 0 Å². The number of rotatable bonds is 1. The minimum absolute atomic E-state index is 0.537. The maximum Gasteiger partial charge on any atom is 0.491 e. The fraction of sp³-hybridized carbons (Fsp3) is 0.111. The number of esters is 1. The highest BCUT2D eigenvalue weighted by Crippen LogP contribution is 2.31. The molecule has 2 rings (SSSR count). The molecule has 0 aliphatic carbocycles. The van der Waals surface area contributed by atoms with Crippen molar-refractivity contribution in [1.29, 1.82) is 0 Å². The molecule has 0 spiro atoms. The van der Waals surface area contributed by atoms with Crippen molar-refractivity contribution in [2.24, 2.45) is 0 Å². The summed E-state index contributed by atoms with van der Waals surface area (Å²) in [4.78, 5) is 21.5. The third kappa shape index (κ3) is 2.26. The summed E-state index contributed by atoms with van der Waals surface area (Å²) in [6, 6.07) is 2.95. The molecule has 1 aliphatic rings. The van der Waals surface area contributed by atoms with Gasteiger partial charge >= 0.3 is 12.1 Å². The molecule has 1 aliphatic heterocycles. The number of halogens is 3. The summed E-state index contributed by atoms with van der Waals surface area (Å²) in [7, 11) is -4.12. The number of sulfonamides is 1. The molecule has 1 amide bonds. The van der Waals surface area contributed by atoms with Crippen molar-refractivity contribution in [2.75, 3.05) is 0 Å². The van der Waals surface area contributed by atoms with Gasteiger partial charge in [0.05, 0.1) is 0 Å². The lowest BCUT2D eigenvalue weighted by Gasteiger charge is -2.08.